The van der Waals surface area contributed by atoms with E-state index in [0.717, 1.165) is 11.1 Å². The van der Waals surface area contributed by atoms with E-state index < -0.39 is 5.91 Å². The second-order valence-corrected chi connectivity index (χ2v) is 6.56. The first-order valence-electron chi connectivity index (χ1n) is 8.48. The van der Waals surface area contributed by atoms with Crippen LogP contribution in [0.2, 0.25) is 5.02 Å². The summed E-state index contributed by atoms with van der Waals surface area (Å²) < 4.78 is 12.9. The van der Waals surface area contributed by atoms with Crippen LogP contribution < -0.4 is 10.6 Å². The second kappa shape index (κ2) is 8.63. The Morgan fingerprint density at radius 1 is 1.04 bits per heavy atom. The minimum absolute atomic E-state index is 0.103. The Balaban J connectivity index is 1.66. The van der Waals surface area contributed by atoms with Gasteiger partial charge in [0.1, 0.15) is 11.5 Å². The summed E-state index contributed by atoms with van der Waals surface area (Å²) in [4.78, 5) is 28.8. The zero-order chi connectivity index (χ0) is 20.1. The maximum atomic E-state index is 12.9. The summed E-state index contributed by atoms with van der Waals surface area (Å²) in [5.74, 6) is -1.15. The Morgan fingerprint density at radius 2 is 1.79 bits per heavy atom. The number of carbonyl (C=O) groups is 2. The topological polar surface area (TPSA) is 71.1 Å². The Morgan fingerprint density at radius 3 is 2.50 bits per heavy atom. The molecule has 142 valence electrons. The van der Waals surface area contributed by atoms with Crippen LogP contribution in [0.1, 0.15) is 32.0 Å². The van der Waals surface area contributed by atoms with Gasteiger partial charge in [0.05, 0.1) is 0 Å². The molecule has 0 saturated heterocycles. The highest BCUT2D eigenvalue weighted by Gasteiger charge is 2.12. The largest absolute Gasteiger partial charge is 0.348 e. The molecule has 0 fully saturated rings. The number of carbonyl (C=O) groups excluding carboxylic acids is 2. The Kier molecular flexibility index (Phi) is 6.01. The van der Waals surface area contributed by atoms with Crippen LogP contribution in [0.4, 0.5) is 10.1 Å². The highest BCUT2D eigenvalue weighted by Crippen LogP contribution is 2.20. The van der Waals surface area contributed by atoms with Crippen molar-refractivity contribution in [1.82, 2.24) is 10.3 Å². The molecule has 2 N–H and O–H groups in total. The van der Waals surface area contributed by atoms with Gasteiger partial charge in [-0.15, -0.1) is 0 Å². The van der Waals surface area contributed by atoms with E-state index in [9.17, 15) is 14.0 Å². The minimum Gasteiger partial charge on any atom is -0.348 e. The predicted octanol–water partition coefficient (Wildman–Crippen LogP) is 4.36. The molecule has 3 aromatic rings. The number of halogens is 2. The van der Waals surface area contributed by atoms with Crippen LogP contribution in [0, 0.1) is 12.7 Å². The lowest BCUT2D eigenvalue weighted by Gasteiger charge is -2.08. The fourth-order valence-electron chi connectivity index (χ4n) is 2.45. The van der Waals surface area contributed by atoms with Gasteiger partial charge in [0.15, 0.2) is 0 Å². The van der Waals surface area contributed by atoms with Gasteiger partial charge in [0.2, 0.25) is 0 Å². The molecule has 0 saturated carbocycles. The maximum absolute atomic E-state index is 12.9. The Bertz CT molecular complexity index is 1020. The number of hydrogen-bond acceptors (Lipinski definition) is 3. The van der Waals surface area contributed by atoms with Crippen LogP contribution in [-0.4, -0.2) is 16.8 Å². The van der Waals surface area contributed by atoms with E-state index in [0.29, 0.717) is 16.3 Å². The summed E-state index contributed by atoms with van der Waals surface area (Å²) in [6.07, 6.45) is 1.39. The van der Waals surface area contributed by atoms with Crippen LogP contribution in [-0.2, 0) is 6.54 Å². The molecule has 1 aromatic heterocycles. The van der Waals surface area contributed by atoms with Crippen LogP contribution in [0.3, 0.4) is 0 Å². The van der Waals surface area contributed by atoms with Crippen molar-refractivity contribution >= 4 is 29.1 Å². The number of anilines is 1. The minimum atomic E-state index is -0.451. The highest BCUT2D eigenvalue weighted by molar-refractivity contribution is 6.31. The van der Waals surface area contributed by atoms with Crippen molar-refractivity contribution in [2.75, 3.05) is 5.32 Å². The summed E-state index contributed by atoms with van der Waals surface area (Å²) >= 11 is 6.06. The molecule has 0 unspecified atom stereocenters. The average Bonchev–Trinajstić information content (AvgIpc) is 2.70. The molecule has 28 heavy (non-hydrogen) atoms. The van der Waals surface area contributed by atoms with Crippen LogP contribution in [0.25, 0.3) is 0 Å². The summed E-state index contributed by atoms with van der Waals surface area (Å²) in [7, 11) is 0. The molecule has 0 radical (unpaired) electrons. The standard InChI is InChI=1S/C21H17ClFN3O2/c1-13-2-7-17(11-18(13)22)26-21(28)19-10-15(8-9-24-19)20(27)25-12-14-3-5-16(23)6-4-14/h2-11H,12H2,1H3,(H,25,27)(H,26,28). The fraction of sp³-hybridized carbons (Fsp3) is 0.0952. The first-order chi connectivity index (χ1) is 13.4. The number of nitrogens with one attached hydrogen (secondary N) is 2. The molecule has 0 atom stereocenters. The van der Waals surface area contributed by atoms with Crippen molar-refractivity contribution in [3.05, 3.63) is 94.0 Å². The van der Waals surface area contributed by atoms with Gasteiger partial charge >= 0.3 is 0 Å². The second-order valence-electron chi connectivity index (χ2n) is 6.16. The Hall–Kier alpha value is -3.25. The number of benzene rings is 2. The third-order valence-corrected chi connectivity index (χ3v) is 4.46. The molecule has 0 aliphatic carbocycles. The van der Waals surface area contributed by atoms with Gasteiger partial charge in [-0.05, 0) is 54.4 Å². The third-order valence-electron chi connectivity index (χ3n) is 4.05. The van der Waals surface area contributed by atoms with Crippen LogP contribution in [0.5, 0.6) is 0 Å². The molecule has 1 heterocycles. The van der Waals surface area contributed by atoms with Gasteiger partial charge in [-0.25, -0.2) is 4.39 Å². The average molecular weight is 398 g/mol. The first-order valence-corrected chi connectivity index (χ1v) is 8.86. The van der Waals surface area contributed by atoms with Crippen molar-refractivity contribution in [2.24, 2.45) is 0 Å². The molecule has 5 nitrogen and oxygen atoms in total. The van der Waals surface area contributed by atoms with Crippen molar-refractivity contribution in [1.29, 1.82) is 0 Å². The van der Waals surface area contributed by atoms with Crippen molar-refractivity contribution in [3.63, 3.8) is 0 Å². The van der Waals surface area contributed by atoms with E-state index in [1.54, 1.807) is 30.3 Å². The predicted molar refractivity (Wildman–Crippen MR) is 106 cm³/mol. The van der Waals surface area contributed by atoms with Crippen LogP contribution >= 0.6 is 11.6 Å². The van der Waals surface area contributed by atoms with E-state index in [4.69, 9.17) is 11.6 Å². The van der Waals surface area contributed by atoms with Gasteiger partial charge in [0.25, 0.3) is 11.8 Å². The van der Waals surface area contributed by atoms with Crippen LogP contribution in [0.15, 0.2) is 60.8 Å². The number of hydrogen-bond donors (Lipinski definition) is 2. The third kappa shape index (κ3) is 4.92. The highest BCUT2D eigenvalue weighted by atomic mass is 35.5. The van der Waals surface area contributed by atoms with Gasteiger partial charge in [0, 0.05) is 29.0 Å². The number of aryl methyl sites for hydroxylation is 1. The maximum Gasteiger partial charge on any atom is 0.274 e. The van der Waals surface area contributed by atoms with Crippen molar-refractivity contribution < 1.29 is 14.0 Å². The normalized spacial score (nSPS) is 10.4. The molecular formula is C21H17ClFN3O2. The fourth-order valence-corrected chi connectivity index (χ4v) is 2.63. The molecular weight excluding hydrogens is 381 g/mol. The van der Waals surface area contributed by atoms with E-state index in [1.165, 1.54) is 30.5 Å². The molecule has 3 rings (SSSR count). The van der Waals surface area contributed by atoms with Crippen molar-refractivity contribution in [3.8, 4) is 0 Å². The molecule has 0 aliphatic rings. The van der Waals surface area contributed by atoms with Gasteiger partial charge in [-0.1, -0.05) is 29.8 Å². The summed E-state index contributed by atoms with van der Waals surface area (Å²) in [6, 6.07) is 13.9. The monoisotopic (exact) mass is 397 g/mol. The van der Waals surface area contributed by atoms with E-state index in [2.05, 4.69) is 15.6 Å². The van der Waals surface area contributed by atoms with Gasteiger partial charge in [-0.3, -0.25) is 14.6 Å². The number of nitrogens with zero attached hydrogens (tertiary/aromatic N) is 1. The quantitative estimate of drug-likeness (QED) is 0.671. The number of aromatic nitrogens is 1. The SMILES string of the molecule is Cc1ccc(NC(=O)c2cc(C(=O)NCc3ccc(F)cc3)ccn2)cc1Cl. The van der Waals surface area contributed by atoms with Gasteiger partial charge in [-0.2, -0.15) is 0 Å². The van der Waals surface area contributed by atoms with E-state index >= 15 is 0 Å². The lowest BCUT2D eigenvalue weighted by molar-refractivity contribution is 0.0951. The molecule has 0 spiro atoms. The number of rotatable bonds is 5. The lowest BCUT2D eigenvalue weighted by atomic mass is 10.2. The van der Waals surface area contributed by atoms with Gasteiger partial charge < -0.3 is 10.6 Å². The number of amides is 2. The summed E-state index contributed by atoms with van der Waals surface area (Å²) in [6.45, 7) is 2.11. The molecule has 2 aromatic carbocycles. The van der Waals surface area contributed by atoms with E-state index in [1.807, 2.05) is 6.92 Å². The molecule has 2 amide bonds. The molecule has 7 heteroatoms. The molecule has 0 aliphatic heterocycles. The summed E-state index contributed by atoms with van der Waals surface area (Å²) in [5.41, 5.74) is 2.60. The Labute approximate surface area is 166 Å². The zero-order valence-corrected chi connectivity index (χ0v) is 15.8. The number of pyridine rings is 1. The van der Waals surface area contributed by atoms with Crippen molar-refractivity contribution in [2.45, 2.75) is 13.5 Å². The summed E-state index contributed by atoms with van der Waals surface area (Å²) in [5, 5.41) is 5.97. The molecule has 0 bridgehead atoms. The lowest BCUT2D eigenvalue weighted by Crippen LogP contribution is -2.23. The first kappa shape index (κ1) is 19.5. The smallest absolute Gasteiger partial charge is 0.274 e. The van der Waals surface area contributed by atoms with E-state index in [-0.39, 0.29) is 24.0 Å². The zero-order valence-electron chi connectivity index (χ0n) is 15.0.